The Hall–Kier alpha value is 0.734. The molecule has 1 N–H and O–H groups in total. The van der Waals surface area contributed by atoms with Crippen molar-refractivity contribution in [3.63, 3.8) is 0 Å². The number of halogens is 2. The number of hydrogen-bond acceptors (Lipinski definition) is 1. The molecule has 0 unspecified atom stereocenters. The SMILES string of the molecule is CNC.Cl.Cl.[CH3][Ti]([CH3])([CH3])([CH3])([CH3])[C]1=CC=CC1. The molecule has 0 saturated heterocycles. The van der Waals surface area contributed by atoms with Crippen LogP contribution < -0.4 is 5.32 Å². The molecular formula is C12H29Cl2NTi. The zero-order valence-corrected chi connectivity index (χ0v) is 15.0. The van der Waals surface area contributed by atoms with Crippen molar-refractivity contribution in [2.24, 2.45) is 0 Å². The molecule has 0 aromatic rings. The summed E-state index contributed by atoms with van der Waals surface area (Å²) in [6.45, 7) is 0. The van der Waals surface area contributed by atoms with Crippen molar-refractivity contribution in [3.05, 3.63) is 22.1 Å². The molecule has 0 fully saturated rings. The summed E-state index contributed by atoms with van der Waals surface area (Å²) in [7, 11) is 3.75. The van der Waals surface area contributed by atoms with Gasteiger partial charge in [0, 0.05) is 0 Å². The number of rotatable bonds is 1. The quantitative estimate of drug-likeness (QED) is 0.674. The monoisotopic (exact) mass is 305 g/mol. The van der Waals surface area contributed by atoms with Crippen LogP contribution in [0.1, 0.15) is 6.42 Å². The van der Waals surface area contributed by atoms with E-state index in [1.165, 1.54) is 6.42 Å². The molecule has 1 aliphatic rings. The normalized spacial score (nSPS) is 17.8. The third-order valence-corrected chi connectivity index (χ3v) is 7.97. The van der Waals surface area contributed by atoms with Crippen molar-refractivity contribution in [2.75, 3.05) is 14.1 Å². The van der Waals surface area contributed by atoms with Gasteiger partial charge >= 0.3 is 68.7 Å². The first kappa shape index (κ1) is 22.0. The van der Waals surface area contributed by atoms with Gasteiger partial charge < -0.3 is 5.32 Å². The minimum atomic E-state index is -2.61. The van der Waals surface area contributed by atoms with Crippen LogP contribution in [-0.2, 0) is 14.0 Å². The molecule has 1 rings (SSSR count). The van der Waals surface area contributed by atoms with Gasteiger partial charge in [-0.15, -0.1) is 24.8 Å². The molecule has 0 bridgehead atoms. The summed E-state index contributed by atoms with van der Waals surface area (Å²) in [6.07, 6.45) is 7.98. The van der Waals surface area contributed by atoms with E-state index in [0.29, 0.717) is 0 Å². The summed E-state index contributed by atoms with van der Waals surface area (Å²) in [5, 5.41) is 15.2. The predicted octanol–water partition coefficient (Wildman–Crippen LogP) is 4.98. The first-order valence-electron chi connectivity index (χ1n) is 5.47. The Morgan fingerprint density at radius 2 is 1.38 bits per heavy atom. The first-order chi connectivity index (χ1) is 6.01. The molecule has 100 valence electrons. The first-order valence-corrected chi connectivity index (χ1v) is 14.1. The summed E-state index contributed by atoms with van der Waals surface area (Å²) < 4.78 is 1.70. The summed E-state index contributed by atoms with van der Waals surface area (Å²) >= 11 is -2.61. The van der Waals surface area contributed by atoms with Gasteiger partial charge in [-0.3, -0.25) is 0 Å². The fraction of sp³-hybridized carbons (Fsp3) is 0.667. The molecule has 0 radical (unpaired) electrons. The third kappa shape index (κ3) is 8.84. The van der Waals surface area contributed by atoms with Crippen molar-refractivity contribution in [1.82, 2.24) is 5.32 Å². The van der Waals surface area contributed by atoms with Gasteiger partial charge in [0.2, 0.25) is 0 Å². The van der Waals surface area contributed by atoms with E-state index < -0.39 is 14.0 Å². The molecule has 0 saturated carbocycles. The maximum atomic E-state index is 2.75. The van der Waals surface area contributed by atoms with Crippen LogP contribution in [0.15, 0.2) is 22.1 Å². The van der Waals surface area contributed by atoms with Crippen molar-refractivity contribution in [1.29, 1.82) is 0 Å². The van der Waals surface area contributed by atoms with E-state index in [0.717, 1.165) is 0 Å². The average molecular weight is 306 g/mol. The van der Waals surface area contributed by atoms with E-state index in [1.807, 2.05) is 14.1 Å². The van der Waals surface area contributed by atoms with Gasteiger partial charge in [-0.2, -0.15) is 0 Å². The minimum absolute atomic E-state index is 0. The number of allylic oxidation sites excluding steroid dienone is 4. The molecule has 0 atom stereocenters. The molecule has 0 amide bonds. The summed E-state index contributed by atoms with van der Waals surface area (Å²) in [5.41, 5.74) is 0. The predicted molar refractivity (Wildman–Crippen MR) is 80.6 cm³/mol. The molecule has 0 aromatic carbocycles. The second-order valence-electron chi connectivity index (χ2n) is 8.07. The van der Waals surface area contributed by atoms with Gasteiger partial charge in [0.15, 0.2) is 0 Å². The molecular weight excluding hydrogens is 277 g/mol. The molecule has 0 spiro atoms. The van der Waals surface area contributed by atoms with Crippen molar-refractivity contribution in [3.8, 4) is 0 Å². The Labute approximate surface area is 112 Å². The van der Waals surface area contributed by atoms with Crippen LogP contribution in [0, 0.1) is 0 Å². The van der Waals surface area contributed by atoms with E-state index in [9.17, 15) is 0 Å². The van der Waals surface area contributed by atoms with Crippen LogP contribution in [0.25, 0.3) is 0 Å². The number of hydrogen-bond donors (Lipinski definition) is 1. The van der Waals surface area contributed by atoms with E-state index in [1.54, 1.807) is 3.88 Å². The standard InChI is InChI=1S/C5H5.C2H7N.5CH3.2ClH.Ti/c1-2-4-5-3-1;1-3-2;;;;;;;;/h1-3H,4H2;3H,1-2H3;5*1H3;2*1H;. The van der Waals surface area contributed by atoms with Crippen LogP contribution in [0.3, 0.4) is 0 Å². The van der Waals surface area contributed by atoms with E-state index in [2.05, 4.69) is 49.7 Å². The second kappa shape index (κ2) is 6.06. The zero-order valence-electron chi connectivity index (χ0n) is 11.8. The molecule has 1 aliphatic carbocycles. The zero-order chi connectivity index (χ0) is 11.5. The van der Waals surface area contributed by atoms with Gasteiger partial charge in [0.1, 0.15) is 0 Å². The Bertz CT molecular complexity index is 259. The maximum absolute atomic E-state index is 2.75. The van der Waals surface area contributed by atoms with Gasteiger partial charge in [-0.25, -0.2) is 0 Å². The van der Waals surface area contributed by atoms with Crippen LogP contribution in [0.4, 0.5) is 0 Å². The van der Waals surface area contributed by atoms with Crippen LogP contribution in [-0.4, -0.2) is 14.1 Å². The third-order valence-electron chi connectivity index (χ3n) is 2.38. The Morgan fingerprint density at radius 1 is 1.00 bits per heavy atom. The molecule has 0 heterocycles. The van der Waals surface area contributed by atoms with Gasteiger partial charge in [0.25, 0.3) is 0 Å². The summed E-state index contributed by atoms with van der Waals surface area (Å²) in [5.74, 6) is 0. The molecule has 1 nitrogen and oxygen atoms in total. The second-order valence-corrected chi connectivity index (χ2v) is 28.6. The van der Waals surface area contributed by atoms with Crippen LogP contribution in [0.5, 0.6) is 0 Å². The van der Waals surface area contributed by atoms with Crippen molar-refractivity contribution in [2.45, 2.75) is 32.6 Å². The van der Waals surface area contributed by atoms with Crippen molar-refractivity contribution < 1.29 is 14.0 Å². The Balaban J connectivity index is -0.000000306. The van der Waals surface area contributed by atoms with E-state index in [-0.39, 0.29) is 24.8 Å². The van der Waals surface area contributed by atoms with Crippen LogP contribution >= 0.6 is 24.8 Å². The average Bonchev–Trinajstić information content (AvgIpc) is 2.32. The Kier molecular flexibility index (Phi) is 8.32. The summed E-state index contributed by atoms with van der Waals surface area (Å²) in [6, 6.07) is 0. The Morgan fingerprint density at radius 3 is 1.50 bits per heavy atom. The topological polar surface area (TPSA) is 12.0 Å². The summed E-state index contributed by atoms with van der Waals surface area (Å²) in [4.78, 5) is 0. The molecule has 0 aliphatic heterocycles. The van der Waals surface area contributed by atoms with E-state index in [4.69, 9.17) is 0 Å². The van der Waals surface area contributed by atoms with Gasteiger partial charge in [-0.05, 0) is 14.1 Å². The molecule has 16 heavy (non-hydrogen) atoms. The van der Waals surface area contributed by atoms with Crippen molar-refractivity contribution >= 4 is 24.8 Å². The fourth-order valence-corrected chi connectivity index (χ4v) is 4.60. The van der Waals surface area contributed by atoms with Gasteiger partial charge in [-0.1, -0.05) is 0 Å². The molecule has 4 heteroatoms. The fourth-order valence-electron chi connectivity index (χ4n) is 1.37. The van der Waals surface area contributed by atoms with Gasteiger partial charge in [0.05, 0.1) is 0 Å². The van der Waals surface area contributed by atoms with E-state index >= 15 is 0 Å². The number of nitrogens with one attached hydrogen (secondary N) is 1. The van der Waals surface area contributed by atoms with Crippen LogP contribution in [0.2, 0.25) is 26.1 Å². The molecule has 0 aromatic heterocycles.